The van der Waals surface area contributed by atoms with Gasteiger partial charge in [0, 0.05) is 16.3 Å². The van der Waals surface area contributed by atoms with Crippen molar-refractivity contribution in [1.29, 1.82) is 0 Å². The SMILES string of the molecule is CCC(=O)NNC(=O)CSc1ccc(Cl)cc1. The number of carbonyl (C=O) groups is 2. The highest BCUT2D eigenvalue weighted by molar-refractivity contribution is 8.00. The second kappa shape index (κ2) is 7.19. The number of amides is 2. The molecule has 2 N–H and O–H groups in total. The van der Waals surface area contributed by atoms with Crippen LogP contribution >= 0.6 is 23.4 Å². The largest absolute Gasteiger partial charge is 0.273 e. The number of benzene rings is 1. The predicted octanol–water partition coefficient (Wildman–Crippen LogP) is 1.99. The molecule has 6 heteroatoms. The van der Waals surface area contributed by atoms with Crippen LogP contribution in [0.4, 0.5) is 0 Å². The minimum Gasteiger partial charge on any atom is -0.273 e. The van der Waals surface area contributed by atoms with E-state index in [9.17, 15) is 9.59 Å². The minimum atomic E-state index is -0.244. The first-order chi connectivity index (χ1) is 8.11. The summed E-state index contributed by atoms with van der Waals surface area (Å²) < 4.78 is 0. The van der Waals surface area contributed by atoms with Gasteiger partial charge in [-0.25, -0.2) is 0 Å². The zero-order chi connectivity index (χ0) is 12.7. The molecule has 0 aliphatic rings. The summed E-state index contributed by atoms with van der Waals surface area (Å²) in [5.41, 5.74) is 4.63. The van der Waals surface area contributed by atoms with Crippen molar-refractivity contribution in [1.82, 2.24) is 10.9 Å². The van der Waals surface area contributed by atoms with Crippen LogP contribution in [-0.2, 0) is 9.59 Å². The first-order valence-electron chi connectivity index (χ1n) is 5.08. The molecule has 0 aliphatic carbocycles. The van der Waals surface area contributed by atoms with Gasteiger partial charge in [0.15, 0.2) is 0 Å². The molecular formula is C11H13ClN2O2S. The summed E-state index contributed by atoms with van der Waals surface area (Å²) in [6.45, 7) is 1.71. The van der Waals surface area contributed by atoms with E-state index >= 15 is 0 Å². The molecule has 0 atom stereocenters. The Morgan fingerprint density at radius 2 is 1.76 bits per heavy atom. The highest BCUT2D eigenvalue weighted by Gasteiger charge is 2.03. The summed E-state index contributed by atoms with van der Waals surface area (Å²) in [5, 5.41) is 0.661. The molecule has 0 unspecified atom stereocenters. The lowest BCUT2D eigenvalue weighted by Gasteiger charge is -2.05. The van der Waals surface area contributed by atoms with Crippen LogP contribution in [0.1, 0.15) is 13.3 Å². The van der Waals surface area contributed by atoms with Gasteiger partial charge in [0.25, 0.3) is 0 Å². The lowest BCUT2D eigenvalue weighted by atomic mass is 10.4. The van der Waals surface area contributed by atoms with Gasteiger partial charge < -0.3 is 0 Å². The quantitative estimate of drug-likeness (QED) is 0.651. The zero-order valence-corrected chi connectivity index (χ0v) is 10.9. The van der Waals surface area contributed by atoms with Crippen LogP contribution < -0.4 is 10.9 Å². The molecule has 0 fully saturated rings. The smallest absolute Gasteiger partial charge is 0.248 e. The standard InChI is InChI=1S/C11H13ClN2O2S/c1-2-10(15)13-14-11(16)7-17-9-5-3-8(12)4-6-9/h3-6H,2,7H2,1H3,(H,13,15)(H,14,16). The Bertz CT molecular complexity index is 395. The minimum absolute atomic E-state index is 0.213. The molecule has 0 aromatic heterocycles. The summed E-state index contributed by atoms with van der Waals surface area (Å²) in [5.74, 6) is -0.215. The first-order valence-corrected chi connectivity index (χ1v) is 6.44. The molecule has 0 heterocycles. The second-order valence-corrected chi connectivity index (χ2v) is 4.68. The molecule has 1 rings (SSSR count). The summed E-state index contributed by atoms with van der Waals surface area (Å²) in [7, 11) is 0. The van der Waals surface area contributed by atoms with Gasteiger partial charge in [-0.15, -0.1) is 11.8 Å². The topological polar surface area (TPSA) is 58.2 Å². The average molecular weight is 273 g/mol. The number of nitrogens with one attached hydrogen (secondary N) is 2. The van der Waals surface area contributed by atoms with Crippen molar-refractivity contribution in [2.45, 2.75) is 18.2 Å². The maximum atomic E-state index is 11.3. The van der Waals surface area contributed by atoms with Crippen LogP contribution in [0.5, 0.6) is 0 Å². The Labute approximate surface area is 109 Å². The van der Waals surface area contributed by atoms with Crippen molar-refractivity contribution < 1.29 is 9.59 Å². The van der Waals surface area contributed by atoms with Gasteiger partial charge in [0.1, 0.15) is 0 Å². The van der Waals surface area contributed by atoms with Gasteiger partial charge in [-0.05, 0) is 24.3 Å². The number of hydrogen-bond donors (Lipinski definition) is 2. The molecule has 0 radical (unpaired) electrons. The van der Waals surface area contributed by atoms with Crippen LogP contribution in [0, 0.1) is 0 Å². The van der Waals surface area contributed by atoms with Gasteiger partial charge in [-0.3, -0.25) is 20.4 Å². The molecule has 92 valence electrons. The zero-order valence-electron chi connectivity index (χ0n) is 9.33. The third kappa shape index (κ3) is 5.60. The third-order valence-corrected chi connectivity index (χ3v) is 3.11. The highest BCUT2D eigenvalue weighted by Crippen LogP contribution is 2.19. The number of rotatable bonds is 4. The predicted molar refractivity (Wildman–Crippen MR) is 68.8 cm³/mol. The fraction of sp³-hybridized carbons (Fsp3) is 0.273. The number of hydrogen-bond acceptors (Lipinski definition) is 3. The van der Waals surface area contributed by atoms with E-state index in [0.29, 0.717) is 11.4 Å². The monoisotopic (exact) mass is 272 g/mol. The summed E-state index contributed by atoms with van der Waals surface area (Å²) in [6.07, 6.45) is 0.338. The fourth-order valence-corrected chi connectivity index (χ4v) is 1.77. The Balaban J connectivity index is 2.28. The highest BCUT2D eigenvalue weighted by atomic mass is 35.5. The van der Waals surface area contributed by atoms with Gasteiger partial charge in [0.2, 0.25) is 11.8 Å². The van der Waals surface area contributed by atoms with Crippen LogP contribution in [0.15, 0.2) is 29.2 Å². The van der Waals surface area contributed by atoms with Crippen LogP contribution in [0.2, 0.25) is 5.02 Å². The van der Waals surface area contributed by atoms with E-state index < -0.39 is 0 Å². The van der Waals surface area contributed by atoms with Gasteiger partial charge in [-0.2, -0.15) is 0 Å². The Morgan fingerprint density at radius 3 is 2.35 bits per heavy atom. The van der Waals surface area contributed by atoms with Gasteiger partial charge in [-0.1, -0.05) is 18.5 Å². The summed E-state index contributed by atoms with van der Waals surface area (Å²) in [6, 6.07) is 7.21. The summed E-state index contributed by atoms with van der Waals surface area (Å²) >= 11 is 7.11. The Hall–Kier alpha value is -1.20. The normalized spacial score (nSPS) is 9.76. The molecule has 0 aliphatic heterocycles. The average Bonchev–Trinajstić information content (AvgIpc) is 2.35. The molecular weight excluding hydrogens is 260 g/mol. The summed E-state index contributed by atoms with van der Waals surface area (Å²) in [4.78, 5) is 23.2. The maximum absolute atomic E-state index is 11.3. The molecule has 4 nitrogen and oxygen atoms in total. The fourth-order valence-electron chi connectivity index (χ4n) is 0.944. The van der Waals surface area contributed by atoms with Crippen molar-refractivity contribution in [2.24, 2.45) is 0 Å². The van der Waals surface area contributed by atoms with E-state index in [1.54, 1.807) is 19.1 Å². The van der Waals surface area contributed by atoms with Crippen LogP contribution in [0.3, 0.4) is 0 Å². The number of carbonyl (C=O) groups excluding carboxylic acids is 2. The lowest BCUT2D eigenvalue weighted by molar-refractivity contribution is -0.127. The van der Waals surface area contributed by atoms with E-state index in [1.165, 1.54) is 11.8 Å². The third-order valence-electron chi connectivity index (χ3n) is 1.85. The number of halogens is 1. The van der Waals surface area contributed by atoms with Crippen molar-refractivity contribution in [3.05, 3.63) is 29.3 Å². The van der Waals surface area contributed by atoms with Gasteiger partial charge in [0.05, 0.1) is 5.75 Å². The van der Waals surface area contributed by atoms with Crippen LogP contribution in [-0.4, -0.2) is 17.6 Å². The lowest BCUT2D eigenvalue weighted by Crippen LogP contribution is -2.42. The maximum Gasteiger partial charge on any atom is 0.248 e. The van der Waals surface area contributed by atoms with E-state index in [-0.39, 0.29) is 17.6 Å². The molecule has 1 aromatic carbocycles. The Kier molecular flexibility index (Phi) is 5.86. The van der Waals surface area contributed by atoms with Crippen molar-refractivity contribution in [3.8, 4) is 0 Å². The molecule has 0 saturated carbocycles. The van der Waals surface area contributed by atoms with Gasteiger partial charge >= 0.3 is 0 Å². The van der Waals surface area contributed by atoms with E-state index in [0.717, 1.165) is 4.90 Å². The first kappa shape index (κ1) is 13.9. The molecule has 0 spiro atoms. The molecule has 0 saturated heterocycles. The van der Waals surface area contributed by atoms with Crippen molar-refractivity contribution in [3.63, 3.8) is 0 Å². The molecule has 2 amide bonds. The second-order valence-electron chi connectivity index (χ2n) is 3.19. The molecule has 17 heavy (non-hydrogen) atoms. The van der Waals surface area contributed by atoms with E-state index in [2.05, 4.69) is 10.9 Å². The Morgan fingerprint density at radius 1 is 1.18 bits per heavy atom. The van der Waals surface area contributed by atoms with E-state index in [4.69, 9.17) is 11.6 Å². The van der Waals surface area contributed by atoms with E-state index in [1.807, 2.05) is 12.1 Å². The molecule has 0 bridgehead atoms. The van der Waals surface area contributed by atoms with Crippen molar-refractivity contribution in [2.75, 3.05) is 5.75 Å². The number of hydrazine groups is 1. The van der Waals surface area contributed by atoms with Crippen LogP contribution in [0.25, 0.3) is 0 Å². The number of thioether (sulfide) groups is 1. The molecule has 1 aromatic rings. The van der Waals surface area contributed by atoms with Crippen molar-refractivity contribution >= 4 is 35.2 Å².